The predicted octanol–water partition coefficient (Wildman–Crippen LogP) is 4.35. The standard InChI is InChI=1S/C10H11ClN2S/c1-7-6-9(11)4-5-10(7)8(2)12-13-14-3/h4-6H,2H2,1,3H3. The molecular formula is C10H11ClN2S. The van der Waals surface area contributed by atoms with Crippen molar-refractivity contribution in [1.82, 2.24) is 0 Å². The smallest absolute Gasteiger partial charge is 0.0866 e. The average Bonchev–Trinajstić information content (AvgIpc) is 2.14. The fourth-order valence-electron chi connectivity index (χ4n) is 1.09. The average molecular weight is 227 g/mol. The zero-order valence-electron chi connectivity index (χ0n) is 8.12. The first-order valence-corrected chi connectivity index (χ1v) is 5.60. The molecule has 0 atom stereocenters. The maximum Gasteiger partial charge on any atom is 0.0866 e. The van der Waals surface area contributed by atoms with Gasteiger partial charge in [0.05, 0.1) is 5.70 Å². The largest absolute Gasteiger partial charge is 0.144 e. The molecule has 0 aromatic heterocycles. The third kappa shape index (κ3) is 2.86. The van der Waals surface area contributed by atoms with Crippen molar-refractivity contribution in [3.63, 3.8) is 0 Å². The lowest BCUT2D eigenvalue weighted by Crippen LogP contribution is -1.84. The van der Waals surface area contributed by atoms with Gasteiger partial charge >= 0.3 is 0 Å². The molecular weight excluding hydrogens is 216 g/mol. The summed E-state index contributed by atoms with van der Waals surface area (Å²) in [5.74, 6) is 0. The third-order valence-electron chi connectivity index (χ3n) is 1.74. The summed E-state index contributed by atoms with van der Waals surface area (Å²) in [5.41, 5.74) is 2.70. The van der Waals surface area contributed by atoms with Crippen molar-refractivity contribution < 1.29 is 0 Å². The monoisotopic (exact) mass is 226 g/mol. The van der Waals surface area contributed by atoms with Crippen molar-refractivity contribution in [3.8, 4) is 0 Å². The van der Waals surface area contributed by atoms with Crippen LogP contribution < -0.4 is 0 Å². The molecule has 0 saturated heterocycles. The second-order valence-electron chi connectivity index (χ2n) is 2.77. The molecule has 4 heteroatoms. The van der Waals surface area contributed by atoms with Gasteiger partial charge in [0.15, 0.2) is 0 Å². The van der Waals surface area contributed by atoms with Crippen molar-refractivity contribution in [2.24, 2.45) is 9.63 Å². The quantitative estimate of drug-likeness (QED) is 0.556. The first-order valence-electron chi connectivity index (χ1n) is 4.04. The van der Waals surface area contributed by atoms with Gasteiger partial charge in [0.2, 0.25) is 0 Å². The molecule has 74 valence electrons. The van der Waals surface area contributed by atoms with E-state index in [1.165, 1.54) is 11.9 Å². The number of nitrogens with zero attached hydrogens (tertiary/aromatic N) is 2. The van der Waals surface area contributed by atoms with E-state index in [0.29, 0.717) is 5.70 Å². The van der Waals surface area contributed by atoms with Crippen molar-refractivity contribution in [2.75, 3.05) is 6.26 Å². The van der Waals surface area contributed by atoms with Gasteiger partial charge < -0.3 is 0 Å². The molecule has 0 aliphatic heterocycles. The summed E-state index contributed by atoms with van der Waals surface area (Å²) in [7, 11) is 0. The Balaban J connectivity index is 2.96. The zero-order chi connectivity index (χ0) is 10.6. The van der Waals surface area contributed by atoms with E-state index in [1.54, 1.807) is 0 Å². The number of aryl methyl sites for hydroxylation is 1. The van der Waals surface area contributed by atoms with E-state index in [4.69, 9.17) is 11.6 Å². The lowest BCUT2D eigenvalue weighted by molar-refractivity contribution is 1.32. The van der Waals surface area contributed by atoms with Crippen LogP contribution in [0, 0.1) is 6.92 Å². The Bertz CT molecular complexity index is 374. The van der Waals surface area contributed by atoms with Crippen LogP contribution in [0.25, 0.3) is 5.70 Å². The highest BCUT2D eigenvalue weighted by Gasteiger charge is 2.02. The van der Waals surface area contributed by atoms with Crippen LogP contribution in [0.3, 0.4) is 0 Å². The van der Waals surface area contributed by atoms with E-state index in [1.807, 2.05) is 31.4 Å². The molecule has 0 aliphatic rings. The minimum atomic E-state index is 0.661. The van der Waals surface area contributed by atoms with Crippen LogP contribution >= 0.6 is 23.5 Å². The molecule has 0 radical (unpaired) electrons. The van der Waals surface area contributed by atoms with E-state index in [2.05, 4.69) is 16.2 Å². The lowest BCUT2D eigenvalue weighted by atomic mass is 10.1. The topological polar surface area (TPSA) is 24.7 Å². The van der Waals surface area contributed by atoms with Crippen LogP contribution in [0.15, 0.2) is 34.4 Å². The maximum absolute atomic E-state index is 5.84. The van der Waals surface area contributed by atoms with Gasteiger partial charge in [0.25, 0.3) is 0 Å². The number of halogens is 1. The molecule has 1 aromatic carbocycles. The van der Waals surface area contributed by atoms with E-state index < -0.39 is 0 Å². The number of hydrogen-bond acceptors (Lipinski definition) is 3. The molecule has 0 amide bonds. The Labute approximate surface area is 93.2 Å². The summed E-state index contributed by atoms with van der Waals surface area (Å²) in [6, 6.07) is 5.61. The van der Waals surface area contributed by atoms with Gasteiger partial charge in [-0.3, -0.25) is 0 Å². The van der Waals surface area contributed by atoms with E-state index in [0.717, 1.165) is 16.1 Å². The van der Waals surface area contributed by atoms with Crippen molar-refractivity contribution in [1.29, 1.82) is 0 Å². The summed E-state index contributed by atoms with van der Waals surface area (Å²) >= 11 is 7.14. The van der Waals surface area contributed by atoms with Crippen LogP contribution in [0.2, 0.25) is 5.02 Å². The summed E-state index contributed by atoms with van der Waals surface area (Å²) < 4.78 is 3.82. The molecule has 0 N–H and O–H groups in total. The third-order valence-corrected chi connectivity index (χ3v) is 2.22. The molecule has 0 saturated carbocycles. The number of benzene rings is 1. The van der Waals surface area contributed by atoms with Crippen LogP contribution in [-0.2, 0) is 0 Å². The Morgan fingerprint density at radius 2 is 2.21 bits per heavy atom. The zero-order valence-corrected chi connectivity index (χ0v) is 9.69. The highest BCUT2D eigenvalue weighted by Crippen LogP contribution is 2.22. The molecule has 1 aromatic rings. The highest BCUT2D eigenvalue weighted by atomic mass is 35.5. The van der Waals surface area contributed by atoms with E-state index in [-0.39, 0.29) is 0 Å². The summed E-state index contributed by atoms with van der Waals surface area (Å²) in [6.45, 7) is 5.81. The number of hydrogen-bond donors (Lipinski definition) is 0. The lowest BCUT2D eigenvalue weighted by Gasteiger charge is -2.03. The Morgan fingerprint density at radius 3 is 2.79 bits per heavy atom. The molecule has 0 bridgehead atoms. The van der Waals surface area contributed by atoms with Crippen LogP contribution in [-0.4, -0.2) is 6.26 Å². The second kappa shape index (κ2) is 5.17. The number of rotatable bonds is 3. The predicted molar refractivity (Wildman–Crippen MR) is 63.6 cm³/mol. The Hall–Kier alpha value is -0.800. The SMILES string of the molecule is C=C(N=NSC)c1ccc(Cl)cc1C. The molecule has 14 heavy (non-hydrogen) atoms. The van der Waals surface area contributed by atoms with Gasteiger partial charge in [0.1, 0.15) is 0 Å². The summed E-state index contributed by atoms with van der Waals surface area (Å²) in [6.07, 6.45) is 1.85. The fraction of sp³-hybridized carbons (Fsp3) is 0.200. The van der Waals surface area contributed by atoms with Crippen molar-refractivity contribution >= 4 is 29.2 Å². The molecule has 1 rings (SSSR count). The fourth-order valence-corrected chi connectivity index (χ4v) is 1.50. The maximum atomic E-state index is 5.84. The van der Waals surface area contributed by atoms with Crippen molar-refractivity contribution in [2.45, 2.75) is 6.92 Å². The molecule has 0 unspecified atom stereocenters. The van der Waals surface area contributed by atoms with Gasteiger partial charge in [-0.2, -0.15) is 0 Å². The van der Waals surface area contributed by atoms with E-state index >= 15 is 0 Å². The molecule has 0 aliphatic carbocycles. The summed E-state index contributed by atoms with van der Waals surface area (Å²) in [4.78, 5) is 0. The Morgan fingerprint density at radius 1 is 1.50 bits per heavy atom. The summed E-state index contributed by atoms with van der Waals surface area (Å²) in [5, 5.41) is 4.68. The molecule has 0 fully saturated rings. The first-order chi connectivity index (χ1) is 6.65. The van der Waals surface area contributed by atoms with Gasteiger partial charge in [-0.1, -0.05) is 24.2 Å². The van der Waals surface area contributed by atoms with E-state index in [9.17, 15) is 0 Å². The highest BCUT2D eigenvalue weighted by molar-refractivity contribution is 7.97. The minimum Gasteiger partial charge on any atom is -0.144 e. The van der Waals surface area contributed by atoms with Crippen LogP contribution in [0.5, 0.6) is 0 Å². The van der Waals surface area contributed by atoms with Crippen LogP contribution in [0.4, 0.5) is 0 Å². The molecule has 2 nitrogen and oxygen atoms in total. The van der Waals surface area contributed by atoms with Gasteiger partial charge in [-0.05, 0) is 36.6 Å². The minimum absolute atomic E-state index is 0.661. The van der Waals surface area contributed by atoms with Gasteiger partial charge in [-0.25, -0.2) is 0 Å². The second-order valence-corrected chi connectivity index (χ2v) is 3.74. The Kier molecular flexibility index (Phi) is 4.17. The van der Waals surface area contributed by atoms with Gasteiger partial charge in [-0.15, -0.1) is 9.63 Å². The van der Waals surface area contributed by atoms with Gasteiger partial charge in [0, 0.05) is 16.8 Å². The van der Waals surface area contributed by atoms with Crippen molar-refractivity contribution in [3.05, 3.63) is 40.9 Å². The normalized spacial score (nSPS) is 10.8. The van der Waals surface area contributed by atoms with Crippen LogP contribution in [0.1, 0.15) is 11.1 Å². The molecule has 0 heterocycles. The first kappa shape index (κ1) is 11.3. The molecule has 0 spiro atoms.